The third kappa shape index (κ3) is 3.66. The van der Waals surface area contributed by atoms with E-state index in [9.17, 15) is 9.90 Å². The lowest BCUT2D eigenvalue weighted by atomic mass is 9.84. The van der Waals surface area contributed by atoms with E-state index in [-0.39, 0.29) is 5.97 Å². The second kappa shape index (κ2) is 6.02. The van der Waals surface area contributed by atoms with Gasteiger partial charge in [0.25, 0.3) is 0 Å². The minimum atomic E-state index is -0.787. The number of unbranched alkanes of at least 4 members (excludes halogenated alkanes) is 1. The monoisotopic (exact) mass is 202 g/mol. The molecule has 0 amide bonds. The molecule has 0 spiro atoms. The van der Waals surface area contributed by atoms with Gasteiger partial charge in [0.2, 0.25) is 0 Å². The first-order chi connectivity index (χ1) is 6.46. The van der Waals surface area contributed by atoms with Crippen molar-refractivity contribution in [1.82, 2.24) is 0 Å². The van der Waals surface area contributed by atoms with Crippen LogP contribution in [0.1, 0.15) is 47.0 Å². The van der Waals surface area contributed by atoms with E-state index in [2.05, 4.69) is 6.92 Å². The van der Waals surface area contributed by atoms with Gasteiger partial charge in [0.15, 0.2) is 0 Å². The van der Waals surface area contributed by atoms with E-state index >= 15 is 0 Å². The molecule has 1 atom stereocenters. The van der Waals surface area contributed by atoms with Gasteiger partial charge in [-0.2, -0.15) is 0 Å². The fraction of sp³-hybridized carbons (Fsp3) is 0.909. The molecule has 14 heavy (non-hydrogen) atoms. The Bertz CT molecular complexity index is 175. The molecule has 0 aliphatic rings. The zero-order valence-corrected chi connectivity index (χ0v) is 9.67. The highest BCUT2D eigenvalue weighted by atomic mass is 16.5. The Morgan fingerprint density at radius 1 is 1.43 bits per heavy atom. The van der Waals surface area contributed by atoms with Gasteiger partial charge in [-0.15, -0.1) is 0 Å². The van der Waals surface area contributed by atoms with Crippen LogP contribution in [-0.2, 0) is 9.53 Å². The van der Waals surface area contributed by atoms with E-state index in [1.807, 2.05) is 0 Å². The summed E-state index contributed by atoms with van der Waals surface area (Å²) in [5, 5.41) is 9.80. The quantitative estimate of drug-likeness (QED) is 0.671. The van der Waals surface area contributed by atoms with E-state index in [0.717, 1.165) is 12.8 Å². The molecule has 84 valence electrons. The molecule has 3 nitrogen and oxygen atoms in total. The Kier molecular flexibility index (Phi) is 5.77. The first kappa shape index (κ1) is 13.4. The van der Waals surface area contributed by atoms with Gasteiger partial charge in [0, 0.05) is 0 Å². The number of rotatable bonds is 6. The smallest absolute Gasteiger partial charge is 0.314 e. The summed E-state index contributed by atoms with van der Waals surface area (Å²) < 4.78 is 4.91. The molecule has 0 fully saturated rings. The summed E-state index contributed by atoms with van der Waals surface area (Å²) in [4.78, 5) is 11.5. The number of ether oxygens (including phenoxy) is 1. The van der Waals surface area contributed by atoms with Gasteiger partial charge in [0.05, 0.1) is 18.1 Å². The second-order valence-corrected chi connectivity index (χ2v) is 4.10. The SMILES string of the molecule is CCCC[C@@H](O)C(C)(C)C(=O)OCC. The van der Waals surface area contributed by atoms with Crippen LogP contribution in [0.2, 0.25) is 0 Å². The molecule has 0 heterocycles. The molecule has 0 aliphatic carbocycles. The topological polar surface area (TPSA) is 46.5 Å². The predicted octanol–water partition coefficient (Wildman–Crippen LogP) is 2.13. The van der Waals surface area contributed by atoms with E-state index in [4.69, 9.17) is 4.74 Å². The Balaban J connectivity index is 4.20. The van der Waals surface area contributed by atoms with Crippen LogP contribution >= 0.6 is 0 Å². The summed E-state index contributed by atoms with van der Waals surface area (Å²) in [5.74, 6) is -0.316. The van der Waals surface area contributed by atoms with E-state index < -0.39 is 11.5 Å². The normalized spacial score (nSPS) is 13.8. The van der Waals surface area contributed by atoms with Crippen molar-refractivity contribution < 1.29 is 14.6 Å². The van der Waals surface area contributed by atoms with Crippen LogP contribution in [0.3, 0.4) is 0 Å². The van der Waals surface area contributed by atoms with Crippen LogP contribution in [-0.4, -0.2) is 23.8 Å². The standard InChI is InChI=1S/C11H22O3/c1-5-7-8-9(12)11(3,4)10(13)14-6-2/h9,12H,5-8H2,1-4H3/t9-/m1/s1. The fourth-order valence-corrected chi connectivity index (χ4v) is 1.21. The van der Waals surface area contributed by atoms with E-state index in [0.29, 0.717) is 13.0 Å². The second-order valence-electron chi connectivity index (χ2n) is 4.10. The Morgan fingerprint density at radius 3 is 2.43 bits per heavy atom. The lowest BCUT2D eigenvalue weighted by molar-refractivity contribution is -0.160. The molecule has 0 saturated carbocycles. The van der Waals surface area contributed by atoms with Crippen LogP contribution in [0.25, 0.3) is 0 Å². The summed E-state index contributed by atoms with van der Waals surface area (Å²) in [7, 11) is 0. The molecule has 0 aliphatic heterocycles. The molecular weight excluding hydrogens is 180 g/mol. The van der Waals surface area contributed by atoms with Crippen molar-refractivity contribution in [2.24, 2.45) is 5.41 Å². The van der Waals surface area contributed by atoms with Crippen LogP contribution in [0, 0.1) is 5.41 Å². The third-order valence-corrected chi connectivity index (χ3v) is 2.47. The summed E-state index contributed by atoms with van der Waals surface area (Å²) in [6.45, 7) is 7.65. The number of aliphatic hydroxyl groups excluding tert-OH is 1. The number of hydrogen-bond donors (Lipinski definition) is 1. The average molecular weight is 202 g/mol. The minimum Gasteiger partial charge on any atom is -0.466 e. The number of aliphatic hydroxyl groups is 1. The average Bonchev–Trinajstić information content (AvgIpc) is 2.14. The fourth-order valence-electron chi connectivity index (χ4n) is 1.21. The largest absolute Gasteiger partial charge is 0.466 e. The zero-order chi connectivity index (χ0) is 11.2. The zero-order valence-electron chi connectivity index (χ0n) is 9.67. The highest BCUT2D eigenvalue weighted by Crippen LogP contribution is 2.26. The van der Waals surface area contributed by atoms with Gasteiger partial charge in [-0.3, -0.25) is 4.79 Å². The Morgan fingerprint density at radius 2 is 2.00 bits per heavy atom. The van der Waals surface area contributed by atoms with Gasteiger partial charge in [-0.05, 0) is 27.2 Å². The van der Waals surface area contributed by atoms with E-state index in [1.54, 1.807) is 20.8 Å². The van der Waals surface area contributed by atoms with Crippen LogP contribution in [0.15, 0.2) is 0 Å². The molecule has 0 aromatic heterocycles. The molecule has 1 N–H and O–H groups in total. The van der Waals surface area contributed by atoms with Crippen molar-refractivity contribution in [2.75, 3.05) is 6.61 Å². The highest BCUT2D eigenvalue weighted by Gasteiger charge is 2.36. The number of esters is 1. The van der Waals surface area contributed by atoms with Gasteiger partial charge >= 0.3 is 5.97 Å². The van der Waals surface area contributed by atoms with Crippen molar-refractivity contribution in [2.45, 2.75) is 53.1 Å². The van der Waals surface area contributed by atoms with Gasteiger partial charge in [0.1, 0.15) is 0 Å². The maximum Gasteiger partial charge on any atom is 0.314 e. The molecule has 0 bridgehead atoms. The summed E-state index contributed by atoms with van der Waals surface area (Å²) in [5.41, 5.74) is -0.787. The first-order valence-corrected chi connectivity index (χ1v) is 5.32. The Labute approximate surface area is 86.5 Å². The van der Waals surface area contributed by atoms with Crippen molar-refractivity contribution >= 4 is 5.97 Å². The maximum atomic E-state index is 11.5. The first-order valence-electron chi connectivity index (χ1n) is 5.32. The highest BCUT2D eigenvalue weighted by molar-refractivity contribution is 5.76. The van der Waals surface area contributed by atoms with Gasteiger partial charge in [-0.1, -0.05) is 19.8 Å². The van der Waals surface area contributed by atoms with Gasteiger partial charge in [-0.25, -0.2) is 0 Å². The van der Waals surface area contributed by atoms with Crippen molar-refractivity contribution in [3.05, 3.63) is 0 Å². The van der Waals surface area contributed by atoms with Crippen molar-refractivity contribution in [3.8, 4) is 0 Å². The molecular formula is C11H22O3. The van der Waals surface area contributed by atoms with Gasteiger partial charge < -0.3 is 9.84 Å². The lowest BCUT2D eigenvalue weighted by Gasteiger charge is -2.27. The van der Waals surface area contributed by atoms with Crippen molar-refractivity contribution in [3.63, 3.8) is 0 Å². The van der Waals surface area contributed by atoms with Crippen molar-refractivity contribution in [1.29, 1.82) is 0 Å². The summed E-state index contributed by atoms with van der Waals surface area (Å²) in [6, 6.07) is 0. The Hall–Kier alpha value is -0.570. The molecule has 3 heteroatoms. The third-order valence-electron chi connectivity index (χ3n) is 2.47. The maximum absolute atomic E-state index is 11.5. The number of carbonyl (C=O) groups excluding carboxylic acids is 1. The summed E-state index contributed by atoms with van der Waals surface area (Å²) >= 11 is 0. The van der Waals surface area contributed by atoms with Crippen LogP contribution < -0.4 is 0 Å². The molecule has 0 rings (SSSR count). The number of carbonyl (C=O) groups is 1. The molecule has 0 aromatic rings. The molecule has 0 radical (unpaired) electrons. The molecule has 0 aromatic carbocycles. The van der Waals surface area contributed by atoms with Crippen LogP contribution in [0.5, 0.6) is 0 Å². The minimum absolute atomic E-state index is 0.316. The van der Waals surface area contributed by atoms with E-state index in [1.165, 1.54) is 0 Å². The summed E-state index contributed by atoms with van der Waals surface area (Å²) in [6.07, 6.45) is 2.00. The van der Waals surface area contributed by atoms with Crippen LogP contribution in [0.4, 0.5) is 0 Å². The predicted molar refractivity (Wildman–Crippen MR) is 55.9 cm³/mol. The molecule has 0 saturated heterocycles. The molecule has 0 unspecified atom stereocenters. The lowest BCUT2D eigenvalue weighted by Crippen LogP contribution is -2.38. The number of hydrogen-bond acceptors (Lipinski definition) is 3.